The maximum Gasteiger partial charge on any atom is 0.0713 e. The minimum Gasteiger partial charge on any atom is -0.310 e. The summed E-state index contributed by atoms with van der Waals surface area (Å²) in [7, 11) is 0. The van der Waals surface area contributed by atoms with Crippen LogP contribution in [-0.2, 0) is 10.8 Å². The first kappa shape index (κ1) is 49.5. The molecule has 0 radical (unpaired) electrons. The van der Waals surface area contributed by atoms with Crippen molar-refractivity contribution in [3.8, 4) is 66.8 Å². The lowest BCUT2D eigenvalue weighted by Gasteiger charge is -2.33. The van der Waals surface area contributed by atoms with Gasteiger partial charge in [0.1, 0.15) is 0 Å². The molecule has 0 bridgehead atoms. The van der Waals surface area contributed by atoms with Gasteiger partial charge in [-0.1, -0.05) is 275 Å². The van der Waals surface area contributed by atoms with Crippen LogP contribution >= 0.6 is 0 Å². The molecule has 0 amide bonds. The van der Waals surface area contributed by atoms with E-state index in [4.69, 9.17) is 0 Å². The molecule has 2 aliphatic carbocycles. The summed E-state index contributed by atoms with van der Waals surface area (Å²) in [6, 6.07) is 110. The Bertz CT molecular complexity index is 3990. The Morgan fingerprint density at radius 1 is 0.296 bits per heavy atom. The summed E-state index contributed by atoms with van der Waals surface area (Å²) in [4.78, 5) is 2.52. The van der Waals surface area contributed by atoms with Crippen LogP contribution in [0.5, 0.6) is 0 Å². The highest BCUT2D eigenvalue weighted by molar-refractivity contribution is 5.95. The number of hydrogen-bond acceptors (Lipinski definition) is 1. The highest BCUT2D eigenvalue weighted by Crippen LogP contribution is 2.58. The number of nitrogens with zero attached hydrogens (tertiary/aromatic N) is 1. The van der Waals surface area contributed by atoms with Crippen molar-refractivity contribution >= 4 is 29.2 Å². The first-order valence-electron chi connectivity index (χ1n) is 28.7. The monoisotopic (exact) mass is 1040 g/mol. The molecule has 0 atom stereocenters. The van der Waals surface area contributed by atoms with Gasteiger partial charge in [0.15, 0.2) is 0 Å². The van der Waals surface area contributed by atoms with Gasteiger partial charge in [0.2, 0.25) is 0 Å². The van der Waals surface area contributed by atoms with Crippen LogP contribution in [0.15, 0.2) is 297 Å². The van der Waals surface area contributed by atoms with Crippen molar-refractivity contribution in [2.45, 2.75) is 37.5 Å². The van der Waals surface area contributed by atoms with E-state index in [1.807, 2.05) is 0 Å². The van der Waals surface area contributed by atoms with Crippen LogP contribution < -0.4 is 4.90 Å². The Kier molecular flexibility index (Phi) is 12.7. The largest absolute Gasteiger partial charge is 0.310 e. The fraction of sp³-hybridized carbons (Fsp3) is 0.0750. The highest BCUT2D eigenvalue weighted by atomic mass is 15.1. The summed E-state index contributed by atoms with van der Waals surface area (Å²) < 4.78 is 0. The molecular weight excluding hydrogens is 975 g/mol. The summed E-state index contributed by atoms with van der Waals surface area (Å²) in [6.45, 7) is 4.77. The Labute approximate surface area is 477 Å². The van der Waals surface area contributed by atoms with Crippen LogP contribution in [0.1, 0.15) is 71.2 Å². The molecule has 386 valence electrons. The minimum absolute atomic E-state index is 0.212. The molecule has 0 aliphatic heterocycles. The quantitative estimate of drug-likeness (QED) is 0.104. The van der Waals surface area contributed by atoms with Crippen LogP contribution in [0.4, 0.5) is 17.1 Å². The van der Waals surface area contributed by atoms with Gasteiger partial charge < -0.3 is 4.90 Å². The van der Waals surface area contributed by atoms with Gasteiger partial charge in [0.25, 0.3) is 0 Å². The van der Waals surface area contributed by atoms with Crippen LogP contribution in [-0.4, -0.2) is 0 Å². The van der Waals surface area contributed by atoms with Gasteiger partial charge >= 0.3 is 0 Å². The summed E-state index contributed by atoms with van der Waals surface area (Å²) >= 11 is 0. The fourth-order valence-corrected chi connectivity index (χ4v) is 13.7. The lowest BCUT2D eigenvalue weighted by molar-refractivity contribution is 0.490. The summed E-state index contributed by atoms with van der Waals surface area (Å²) in [5.74, 6) is 0. The molecule has 0 fully saturated rings. The van der Waals surface area contributed by atoms with Crippen LogP contribution in [0.3, 0.4) is 0 Å². The van der Waals surface area contributed by atoms with Crippen molar-refractivity contribution < 1.29 is 0 Å². The molecule has 0 unspecified atom stereocenters. The summed E-state index contributed by atoms with van der Waals surface area (Å²) in [5.41, 5.74) is 27.7. The first-order chi connectivity index (χ1) is 40.0. The Morgan fingerprint density at radius 3 is 1.20 bits per heavy atom. The van der Waals surface area contributed by atoms with E-state index in [1.54, 1.807) is 0 Å². The minimum atomic E-state index is -0.447. The number of rotatable bonds is 13. The van der Waals surface area contributed by atoms with Crippen molar-refractivity contribution in [3.63, 3.8) is 0 Å². The van der Waals surface area contributed by atoms with Crippen molar-refractivity contribution in [2.75, 3.05) is 4.90 Å². The third-order valence-electron chi connectivity index (χ3n) is 17.6. The molecule has 12 aromatic carbocycles. The van der Waals surface area contributed by atoms with E-state index in [9.17, 15) is 0 Å². The number of benzene rings is 12. The molecule has 1 nitrogen and oxygen atoms in total. The maximum atomic E-state index is 2.53. The number of fused-ring (bicyclic) bond motifs is 6. The van der Waals surface area contributed by atoms with Crippen molar-refractivity contribution in [1.29, 1.82) is 0 Å². The molecule has 0 saturated heterocycles. The van der Waals surface area contributed by atoms with Crippen LogP contribution in [0.25, 0.3) is 78.9 Å². The van der Waals surface area contributed by atoms with E-state index in [0.717, 1.165) is 29.9 Å². The van der Waals surface area contributed by atoms with E-state index in [1.165, 1.54) is 111 Å². The van der Waals surface area contributed by atoms with Gasteiger partial charge in [-0.05, 0) is 173 Å². The Morgan fingerprint density at radius 2 is 0.716 bits per heavy atom. The molecule has 14 rings (SSSR count). The standard InChI is InChI=1S/C80H61N/c1-3-79(4-2)76-48-56(42-44-61-34-25-41-75-78(61)73-39-23-24-40-74(73)80(75,66-35-19-9-20-36-66)67-37-21-10-22-38-67)43-46-71(76)72-47-45-68(55-77(72)79)81(69-51-62(57-26-11-5-12-27-57)49-63(52-69)58-28-13-6-14-29-58)70-53-64(59-30-15-7-16-31-59)50-65(54-70)60-32-17-8-18-33-60/h5-55H,3-4H2,1-2H3/b44-42+. The van der Waals surface area contributed by atoms with E-state index in [0.29, 0.717) is 0 Å². The normalized spacial score (nSPS) is 13.3. The van der Waals surface area contributed by atoms with Gasteiger partial charge in [-0.25, -0.2) is 0 Å². The molecule has 0 spiro atoms. The second-order valence-electron chi connectivity index (χ2n) is 21.8. The molecule has 1 heteroatoms. The summed E-state index contributed by atoms with van der Waals surface area (Å²) in [5, 5.41) is 0. The molecule has 0 saturated carbocycles. The molecular formula is C80H61N. The Balaban J connectivity index is 0.915. The maximum absolute atomic E-state index is 2.53. The average molecular weight is 1040 g/mol. The van der Waals surface area contributed by atoms with E-state index >= 15 is 0 Å². The van der Waals surface area contributed by atoms with Gasteiger partial charge in [-0.3, -0.25) is 0 Å². The number of hydrogen-bond donors (Lipinski definition) is 0. The van der Waals surface area contributed by atoms with Crippen molar-refractivity contribution in [2.24, 2.45) is 0 Å². The topological polar surface area (TPSA) is 3.24 Å². The molecule has 0 heterocycles. The molecule has 12 aromatic rings. The predicted octanol–water partition coefficient (Wildman–Crippen LogP) is 21.4. The second-order valence-corrected chi connectivity index (χ2v) is 21.8. The molecule has 0 aromatic heterocycles. The summed E-state index contributed by atoms with van der Waals surface area (Å²) in [6.07, 6.45) is 6.65. The Hall–Kier alpha value is -9.82. The second kappa shape index (κ2) is 20.8. The van der Waals surface area contributed by atoms with E-state index in [-0.39, 0.29) is 5.41 Å². The fourth-order valence-electron chi connectivity index (χ4n) is 13.7. The van der Waals surface area contributed by atoms with Crippen molar-refractivity contribution in [3.05, 3.63) is 342 Å². The predicted molar refractivity (Wildman–Crippen MR) is 342 cm³/mol. The number of anilines is 3. The third kappa shape index (κ3) is 8.48. The zero-order valence-electron chi connectivity index (χ0n) is 45.8. The SMILES string of the molecule is CCC1(CC)c2cc(/C=C/c3cccc4c3-c3ccccc3C4(c3ccccc3)c3ccccc3)ccc2-c2ccc(N(c3cc(-c4ccccc4)cc(-c4ccccc4)c3)c3cc(-c4ccccc4)cc(-c4ccccc4)c3)cc21. The average Bonchev–Trinajstić information content (AvgIpc) is 3.85. The zero-order chi connectivity index (χ0) is 54.3. The van der Waals surface area contributed by atoms with Crippen LogP contribution in [0, 0.1) is 0 Å². The van der Waals surface area contributed by atoms with Gasteiger partial charge in [0.05, 0.1) is 5.41 Å². The van der Waals surface area contributed by atoms with E-state index < -0.39 is 5.41 Å². The van der Waals surface area contributed by atoms with Gasteiger partial charge in [-0.2, -0.15) is 0 Å². The smallest absolute Gasteiger partial charge is 0.0713 e. The molecule has 2 aliphatic rings. The zero-order valence-corrected chi connectivity index (χ0v) is 45.8. The molecule has 0 N–H and O–H groups in total. The lowest BCUT2D eigenvalue weighted by Crippen LogP contribution is -2.28. The van der Waals surface area contributed by atoms with Gasteiger partial charge in [-0.15, -0.1) is 0 Å². The van der Waals surface area contributed by atoms with Gasteiger partial charge in [0, 0.05) is 22.5 Å². The molecule has 81 heavy (non-hydrogen) atoms. The first-order valence-corrected chi connectivity index (χ1v) is 28.7. The third-order valence-corrected chi connectivity index (χ3v) is 17.6. The van der Waals surface area contributed by atoms with E-state index in [2.05, 4.69) is 328 Å². The lowest BCUT2D eigenvalue weighted by atomic mass is 9.67. The van der Waals surface area contributed by atoms with Crippen LogP contribution in [0.2, 0.25) is 0 Å². The highest BCUT2D eigenvalue weighted by Gasteiger charge is 2.47. The van der Waals surface area contributed by atoms with Crippen molar-refractivity contribution in [1.82, 2.24) is 0 Å².